The summed E-state index contributed by atoms with van der Waals surface area (Å²) in [6.07, 6.45) is 1.54. The number of hydrogen-bond donors (Lipinski definition) is 0. The first-order valence-corrected chi connectivity index (χ1v) is 8.43. The number of ether oxygens (including phenoxy) is 1. The molecule has 0 spiro atoms. The number of rotatable bonds is 3. The lowest BCUT2D eigenvalue weighted by Gasteiger charge is -2.46. The van der Waals surface area contributed by atoms with Gasteiger partial charge in [-0.3, -0.25) is 0 Å². The first kappa shape index (κ1) is 17.1. The summed E-state index contributed by atoms with van der Waals surface area (Å²) in [7, 11) is 0. The lowest BCUT2D eigenvalue weighted by atomic mass is 9.64. The van der Waals surface area contributed by atoms with Gasteiger partial charge >= 0.3 is 6.18 Å². The maximum Gasteiger partial charge on any atom is 0.391 e. The van der Waals surface area contributed by atoms with E-state index >= 15 is 0 Å². The smallest absolute Gasteiger partial charge is 0.378 e. The van der Waals surface area contributed by atoms with Crippen LogP contribution in [-0.2, 0) is 4.74 Å². The minimum Gasteiger partial charge on any atom is -0.378 e. The van der Waals surface area contributed by atoms with Crippen LogP contribution in [0.15, 0.2) is 0 Å². The van der Waals surface area contributed by atoms with Gasteiger partial charge in [-0.2, -0.15) is 13.2 Å². The van der Waals surface area contributed by atoms with Crippen LogP contribution in [0.4, 0.5) is 13.2 Å². The van der Waals surface area contributed by atoms with E-state index in [1.54, 1.807) is 0 Å². The van der Waals surface area contributed by atoms with Crippen molar-refractivity contribution >= 4 is 0 Å². The maximum absolute atomic E-state index is 12.8. The largest absolute Gasteiger partial charge is 0.391 e. The summed E-state index contributed by atoms with van der Waals surface area (Å²) in [5.74, 6) is -0.00791. The lowest BCUT2D eigenvalue weighted by molar-refractivity contribution is -0.189. The number of hydrogen-bond acceptors (Lipinski definition) is 1. The summed E-state index contributed by atoms with van der Waals surface area (Å²) < 4.78 is 44.4. The Bertz CT molecular complexity index is 329. The maximum atomic E-state index is 12.8. The van der Waals surface area contributed by atoms with Crippen molar-refractivity contribution in [2.24, 2.45) is 23.2 Å². The van der Waals surface area contributed by atoms with Gasteiger partial charge in [-0.15, -0.1) is 0 Å². The standard InChI is InChI=1S/C17H29F3O/c1-4-12-9-10-21-15(11-12)16(2,3)13-5-7-14(8-6-13)17(18,19)20/h12-15H,4-11H2,1-3H3. The van der Waals surface area contributed by atoms with Gasteiger partial charge in [0.15, 0.2) is 0 Å². The molecule has 0 aromatic rings. The first-order valence-electron chi connectivity index (χ1n) is 8.43. The molecule has 2 atom stereocenters. The molecule has 2 unspecified atom stereocenters. The van der Waals surface area contributed by atoms with Crippen LogP contribution in [0.1, 0.15) is 65.7 Å². The molecule has 2 aliphatic rings. The van der Waals surface area contributed by atoms with E-state index in [0.29, 0.717) is 31.6 Å². The Balaban J connectivity index is 1.94. The van der Waals surface area contributed by atoms with Crippen molar-refractivity contribution in [3.05, 3.63) is 0 Å². The molecule has 1 nitrogen and oxygen atoms in total. The predicted molar refractivity (Wildman–Crippen MR) is 78.0 cm³/mol. The quantitative estimate of drug-likeness (QED) is 0.660. The van der Waals surface area contributed by atoms with Crippen molar-refractivity contribution in [1.82, 2.24) is 0 Å². The minimum atomic E-state index is -4.01. The molecule has 2 fully saturated rings. The summed E-state index contributed by atoms with van der Waals surface area (Å²) in [5, 5.41) is 0. The van der Waals surface area contributed by atoms with Crippen molar-refractivity contribution in [3.63, 3.8) is 0 Å². The average molecular weight is 306 g/mol. The highest BCUT2D eigenvalue weighted by molar-refractivity contribution is 4.92. The van der Waals surface area contributed by atoms with Crippen LogP contribution < -0.4 is 0 Å². The monoisotopic (exact) mass is 306 g/mol. The van der Waals surface area contributed by atoms with Gasteiger partial charge in [-0.1, -0.05) is 27.2 Å². The minimum absolute atomic E-state index is 0.00952. The fourth-order valence-corrected chi connectivity index (χ4v) is 4.18. The molecular weight excluding hydrogens is 277 g/mol. The normalized spacial score (nSPS) is 35.7. The van der Waals surface area contributed by atoms with Crippen molar-refractivity contribution in [2.45, 2.75) is 78.0 Å². The Morgan fingerprint density at radius 3 is 2.05 bits per heavy atom. The van der Waals surface area contributed by atoms with E-state index < -0.39 is 12.1 Å². The Labute approximate surface area is 126 Å². The highest BCUT2D eigenvalue weighted by Crippen LogP contribution is 2.48. The molecule has 0 bridgehead atoms. The molecule has 1 saturated carbocycles. The Morgan fingerprint density at radius 2 is 1.52 bits per heavy atom. The zero-order chi connectivity index (χ0) is 15.7. The molecular formula is C17H29F3O. The molecule has 4 heteroatoms. The molecule has 2 rings (SSSR count). The third kappa shape index (κ3) is 3.94. The van der Waals surface area contributed by atoms with Gasteiger partial charge in [0.2, 0.25) is 0 Å². The summed E-state index contributed by atoms with van der Waals surface area (Å²) in [5.41, 5.74) is -0.00952. The van der Waals surface area contributed by atoms with Crippen LogP contribution >= 0.6 is 0 Å². The number of alkyl halides is 3. The second kappa shape index (κ2) is 6.47. The highest BCUT2D eigenvalue weighted by atomic mass is 19.4. The van der Waals surface area contributed by atoms with Crippen molar-refractivity contribution in [2.75, 3.05) is 6.61 Å². The predicted octanol–water partition coefficient (Wildman–Crippen LogP) is 5.59. The molecule has 21 heavy (non-hydrogen) atoms. The van der Waals surface area contributed by atoms with Gasteiger partial charge in [0.05, 0.1) is 12.0 Å². The third-order valence-corrected chi connectivity index (χ3v) is 6.04. The molecule has 0 amide bonds. The van der Waals surface area contributed by atoms with Crippen LogP contribution in [-0.4, -0.2) is 18.9 Å². The molecule has 1 aliphatic heterocycles. The Morgan fingerprint density at radius 1 is 0.952 bits per heavy atom. The molecule has 124 valence electrons. The third-order valence-electron chi connectivity index (χ3n) is 6.04. The van der Waals surface area contributed by atoms with Gasteiger partial charge in [0, 0.05) is 6.61 Å². The van der Waals surface area contributed by atoms with Crippen LogP contribution in [0, 0.1) is 23.2 Å². The highest BCUT2D eigenvalue weighted by Gasteiger charge is 2.46. The second-order valence-electron chi connectivity index (χ2n) is 7.57. The van der Waals surface area contributed by atoms with E-state index in [9.17, 15) is 13.2 Å². The van der Waals surface area contributed by atoms with Crippen molar-refractivity contribution in [1.29, 1.82) is 0 Å². The fourth-order valence-electron chi connectivity index (χ4n) is 4.18. The van der Waals surface area contributed by atoms with Gasteiger partial charge < -0.3 is 4.74 Å². The molecule has 1 heterocycles. The molecule has 0 aromatic heterocycles. The van der Waals surface area contributed by atoms with Gasteiger partial charge in [0.25, 0.3) is 0 Å². The average Bonchev–Trinajstić information content (AvgIpc) is 2.46. The van der Waals surface area contributed by atoms with E-state index in [4.69, 9.17) is 4.74 Å². The van der Waals surface area contributed by atoms with E-state index in [1.165, 1.54) is 6.42 Å². The van der Waals surface area contributed by atoms with Crippen LogP contribution in [0.3, 0.4) is 0 Å². The van der Waals surface area contributed by atoms with Crippen LogP contribution in [0.2, 0.25) is 0 Å². The molecule has 0 radical (unpaired) electrons. The second-order valence-corrected chi connectivity index (χ2v) is 7.57. The molecule has 0 N–H and O–H groups in total. The van der Waals surface area contributed by atoms with Gasteiger partial charge in [-0.05, 0) is 55.8 Å². The van der Waals surface area contributed by atoms with E-state index in [0.717, 1.165) is 25.4 Å². The zero-order valence-electron chi connectivity index (χ0n) is 13.5. The summed E-state index contributed by atoms with van der Waals surface area (Å²) in [4.78, 5) is 0. The molecule has 1 saturated heterocycles. The summed E-state index contributed by atoms with van der Waals surface area (Å²) in [6.45, 7) is 7.43. The van der Waals surface area contributed by atoms with E-state index in [2.05, 4.69) is 20.8 Å². The first-order chi connectivity index (χ1) is 9.75. The molecule has 1 aliphatic carbocycles. The topological polar surface area (TPSA) is 9.23 Å². The zero-order valence-corrected chi connectivity index (χ0v) is 13.5. The van der Waals surface area contributed by atoms with Gasteiger partial charge in [0.1, 0.15) is 0 Å². The summed E-state index contributed by atoms with van der Waals surface area (Å²) >= 11 is 0. The number of halogens is 3. The van der Waals surface area contributed by atoms with E-state index in [1.807, 2.05) is 0 Å². The fraction of sp³-hybridized carbons (Fsp3) is 1.00. The van der Waals surface area contributed by atoms with Crippen molar-refractivity contribution in [3.8, 4) is 0 Å². The van der Waals surface area contributed by atoms with Crippen LogP contribution in [0.25, 0.3) is 0 Å². The van der Waals surface area contributed by atoms with Crippen LogP contribution in [0.5, 0.6) is 0 Å². The lowest BCUT2D eigenvalue weighted by Crippen LogP contribution is -2.44. The molecule has 0 aromatic carbocycles. The van der Waals surface area contributed by atoms with Gasteiger partial charge in [-0.25, -0.2) is 0 Å². The Kier molecular flexibility index (Phi) is 5.27. The van der Waals surface area contributed by atoms with Crippen molar-refractivity contribution < 1.29 is 17.9 Å². The van der Waals surface area contributed by atoms with E-state index in [-0.39, 0.29) is 11.5 Å². The Hall–Kier alpha value is -0.250. The SMILES string of the molecule is CCC1CCOC(C(C)(C)C2CCC(C(F)(F)F)CC2)C1. The summed E-state index contributed by atoms with van der Waals surface area (Å²) in [6, 6.07) is 0.